The van der Waals surface area contributed by atoms with Crippen molar-refractivity contribution in [2.75, 3.05) is 26.0 Å². The van der Waals surface area contributed by atoms with Gasteiger partial charge in [0.05, 0.1) is 18.0 Å². The summed E-state index contributed by atoms with van der Waals surface area (Å²) in [5.41, 5.74) is -2.35. The summed E-state index contributed by atoms with van der Waals surface area (Å²) in [7, 11) is -3.26. The van der Waals surface area contributed by atoms with Crippen molar-refractivity contribution in [3.8, 4) is 5.75 Å². The van der Waals surface area contributed by atoms with Crippen molar-refractivity contribution in [3.05, 3.63) is 24.3 Å². The maximum Gasteiger partial charge on any atom is 0.343 e. The Balaban J connectivity index is 1.74. The number of halogens is 1. The molecule has 138 valence electrons. The lowest BCUT2D eigenvalue weighted by molar-refractivity contribution is -0.150. The number of alkyl halides is 1. The first-order valence-corrected chi connectivity index (χ1v) is 9.64. The maximum absolute atomic E-state index is 13.9. The minimum atomic E-state index is -3.26. The van der Waals surface area contributed by atoms with Crippen LogP contribution in [0.1, 0.15) is 19.3 Å². The lowest BCUT2D eigenvalue weighted by Gasteiger charge is -2.17. The van der Waals surface area contributed by atoms with Crippen LogP contribution in [0.2, 0.25) is 0 Å². The summed E-state index contributed by atoms with van der Waals surface area (Å²) in [6.07, 6.45) is 1.42. The van der Waals surface area contributed by atoms with E-state index in [4.69, 9.17) is 9.84 Å². The van der Waals surface area contributed by atoms with Crippen molar-refractivity contribution in [3.63, 3.8) is 0 Å². The molecule has 7 nitrogen and oxygen atoms in total. The number of likely N-dealkylation sites (tertiary alicyclic amines) is 1. The lowest BCUT2D eigenvalue weighted by Crippen LogP contribution is -2.38. The summed E-state index contributed by atoms with van der Waals surface area (Å²) in [6.45, 7) is -0.0953. The van der Waals surface area contributed by atoms with Crippen molar-refractivity contribution in [2.24, 2.45) is 0 Å². The van der Waals surface area contributed by atoms with E-state index in [2.05, 4.69) is 0 Å². The topological polar surface area (TPSA) is 101 Å². The van der Waals surface area contributed by atoms with Crippen LogP contribution in [0.15, 0.2) is 29.2 Å². The predicted octanol–water partition coefficient (Wildman–Crippen LogP) is 1.27. The molecule has 1 saturated heterocycles. The summed E-state index contributed by atoms with van der Waals surface area (Å²) in [5, 5.41) is 8.81. The molecule has 1 amide bonds. The zero-order chi connectivity index (χ0) is 18.7. The Labute approximate surface area is 145 Å². The predicted molar refractivity (Wildman–Crippen MR) is 87.0 cm³/mol. The molecule has 1 fully saturated rings. The lowest BCUT2D eigenvalue weighted by atomic mass is 10.1. The number of rotatable bonds is 7. The van der Waals surface area contributed by atoms with Gasteiger partial charge in [-0.3, -0.25) is 4.79 Å². The van der Waals surface area contributed by atoms with Crippen LogP contribution in [0.5, 0.6) is 5.75 Å². The highest BCUT2D eigenvalue weighted by molar-refractivity contribution is 7.90. The van der Waals surface area contributed by atoms with Gasteiger partial charge >= 0.3 is 5.97 Å². The molecule has 1 atom stereocenters. The van der Waals surface area contributed by atoms with Crippen LogP contribution in [-0.4, -0.2) is 61.9 Å². The largest absolute Gasteiger partial charge is 0.494 e. The smallest absolute Gasteiger partial charge is 0.343 e. The number of aliphatic carboxylic acids is 1. The number of nitrogens with zero attached hydrogens (tertiary/aromatic N) is 1. The van der Waals surface area contributed by atoms with E-state index in [1.165, 1.54) is 29.2 Å². The Bertz CT molecular complexity index is 748. The second kappa shape index (κ2) is 7.38. The van der Waals surface area contributed by atoms with Gasteiger partial charge < -0.3 is 14.7 Å². The fourth-order valence-corrected chi connectivity index (χ4v) is 3.15. The molecular formula is C16H20FNO6S. The van der Waals surface area contributed by atoms with Gasteiger partial charge in [-0.25, -0.2) is 17.6 Å². The minimum Gasteiger partial charge on any atom is -0.494 e. The normalized spacial score (nSPS) is 20.5. The zero-order valence-corrected chi connectivity index (χ0v) is 14.6. The van der Waals surface area contributed by atoms with E-state index in [1.807, 2.05) is 0 Å². The fourth-order valence-electron chi connectivity index (χ4n) is 2.51. The zero-order valence-electron chi connectivity index (χ0n) is 13.8. The van der Waals surface area contributed by atoms with Crippen LogP contribution < -0.4 is 4.74 Å². The van der Waals surface area contributed by atoms with Crippen molar-refractivity contribution < 1.29 is 32.2 Å². The second-order valence-corrected chi connectivity index (χ2v) is 8.05. The van der Waals surface area contributed by atoms with Gasteiger partial charge in [-0.05, 0) is 30.7 Å². The number of carboxylic acids is 1. The average molecular weight is 373 g/mol. The third kappa shape index (κ3) is 4.91. The van der Waals surface area contributed by atoms with Crippen molar-refractivity contribution in [2.45, 2.75) is 29.8 Å². The van der Waals surface area contributed by atoms with E-state index in [0.717, 1.165) is 6.26 Å². The highest BCUT2D eigenvalue weighted by Gasteiger charge is 2.46. The molecule has 2 rings (SSSR count). The Hall–Kier alpha value is -2.16. The average Bonchev–Trinajstić information content (AvgIpc) is 2.95. The van der Waals surface area contributed by atoms with Gasteiger partial charge in [0.2, 0.25) is 11.6 Å². The SMILES string of the molecule is CS(=O)(=O)c1ccc(OCCCC(=O)N2CCC(F)(C(=O)O)C2)cc1. The van der Waals surface area contributed by atoms with Gasteiger partial charge in [0.15, 0.2) is 9.84 Å². The van der Waals surface area contributed by atoms with E-state index in [-0.39, 0.29) is 36.8 Å². The van der Waals surface area contributed by atoms with E-state index in [1.54, 1.807) is 0 Å². The number of amides is 1. The van der Waals surface area contributed by atoms with Gasteiger partial charge in [0, 0.05) is 25.6 Å². The summed E-state index contributed by atoms with van der Waals surface area (Å²) in [5.74, 6) is -1.37. The first-order valence-electron chi connectivity index (χ1n) is 7.75. The molecule has 1 aliphatic heterocycles. The molecule has 0 spiro atoms. The number of carbonyl (C=O) groups is 2. The van der Waals surface area contributed by atoms with Crippen molar-refractivity contribution in [1.82, 2.24) is 4.90 Å². The van der Waals surface area contributed by atoms with Crippen LogP contribution in [0.3, 0.4) is 0 Å². The van der Waals surface area contributed by atoms with Crippen LogP contribution in [0.4, 0.5) is 4.39 Å². The molecule has 1 aromatic rings. The van der Waals surface area contributed by atoms with Crippen LogP contribution in [0.25, 0.3) is 0 Å². The maximum atomic E-state index is 13.9. The van der Waals surface area contributed by atoms with Gasteiger partial charge in [0.1, 0.15) is 5.75 Å². The van der Waals surface area contributed by atoms with Gasteiger partial charge in [-0.1, -0.05) is 0 Å². The Morgan fingerprint density at radius 2 is 1.96 bits per heavy atom. The summed E-state index contributed by atoms with van der Waals surface area (Å²) in [4.78, 5) is 24.2. The number of hydrogen-bond donors (Lipinski definition) is 1. The van der Waals surface area contributed by atoms with E-state index >= 15 is 0 Å². The molecule has 1 unspecified atom stereocenters. The molecule has 0 saturated carbocycles. The van der Waals surface area contributed by atoms with Gasteiger partial charge in [-0.2, -0.15) is 0 Å². The number of benzene rings is 1. The third-order valence-electron chi connectivity index (χ3n) is 4.01. The Morgan fingerprint density at radius 3 is 2.48 bits per heavy atom. The molecular weight excluding hydrogens is 353 g/mol. The molecule has 1 N–H and O–H groups in total. The number of carbonyl (C=O) groups excluding carboxylic acids is 1. The first kappa shape index (κ1) is 19.2. The van der Waals surface area contributed by atoms with Crippen molar-refractivity contribution in [1.29, 1.82) is 0 Å². The highest BCUT2D eigenvalue weighted by atomic mass is 32.2. The Kier molecular flexibility index (Phi) is 5.66. The minimum absolute atomic E-state index is 0.0927. The third-order valence-corrected chi connectivity index (χ3v) is 5.14. The summed E-state index contributed by atoms with van der Waals surface area (Å²) < 4.78 is 42.0. The molecule has 0 bridgehead atoms. The van der Waals surface area contributed by atoms with Crippen molar-refractivity contribution >= 4 is 21.7 Å². The van der Waals surface area contributed by atoms with Crippen LogP contribution in [0, 0.1) is 0 Å². The molecule has 9 heteroatoms. The molecule has 1 aliphatic rings. The van der Waals surface area contributed by atoms with Crippen LogP contribution in [-0.2, 0) is 19.4 Å². The number of hydrogen-bond acceptors (Lipinski definition) is 5. The van der Waals surface area contributed by atoms with E-state index in [9.17, 15) is 22.4 Å². The Morgan fingerprint density at radius 1 is 1.32 bits per heavy atom. The highest BCUT2D eigenvalue weighted by Crippen LogP contribution is 2.26. The summed E-state index contributed by atoms with van der Waals surface area (Å²) >= 11 is 0. The number of sulfone groups is 1. The quantitative estimate of drug-likeness (QED) is 0.723. The summed E-state index contributed by atoms with van der Waals surface area (Å²) in [6, 6.07) is 5.94. The standard InChI is InChI=1S/C16H20FNO6S/c1-25(22,23)13-6-4-12(5-7-13)24-10-2-3-14(19)18-9-8-16(17,11-18)15(20)21/h4-7H,2-3,8-11H2,1H3,(H,20,21). The number of ether oxygens (including phenoxy) is 1. The second-order valence-electron chi connectivity index (χ2n) is 6.03. The first-order chi connectivity index (χ1) is 11.6. The molecule has 0 aromatic heterocycles. The molecule has 0 aliphatic carbocycles. The fraction of sp³-hybridized carbons (Fsp3) is 0.500. The van der Waals surface area contributed by atoms with E-state index < -0.39 is 28.0 Å². The monoisotopic (exact) mass is 373 g/mol. The van der Waals surface area contributed by atoms with E-state index in [0.29, 0.717) is 12.2 Å². The molecule has 1 aromatic carbocycles. The van der Waals surface area contributed by atoms with Gasteiger partial charge in [-0.15, -0.1) is 0 Å². The molecule has 0 radical (unpaired) electrons. The molecule has 1 heterocycles. The number of carboxylic acid groups (broad SMARTS) is 1. The molecule has 25 heavy (non-hydrogen) atoms. The van der Waals surface area contributed by atoms with Gasteiger partial charge in [0.25, 0.3) is 0 Å². The van der Waals surface area contributed by atoms with Crippen LogP contribution >= 0.6 is 0 Å².